The molecule has 2 aliphatic rings. The summed E-state index contributed by atoms with van der Waals surface area (Å²) in [6, 6.07) is -0.351. The van der Waals surface area contributed by atoms with Crippen LogP contribution in [0.5, 0.6) is 0 Å². The highest BCUT2D eigenvalue weighted by Crippen LogP contribution is 2.16. The second-order valence-electron chi connectivity index (χ2n) is 5.02. The van der Waals surface area contributed by atoms with Gasteiger partial charge in [-0.1, -0.05) is 0 Å². The van der Waals surface area contributed by atoms with Crippen LogP contribution in [-0.2, 0) is 9.59 Å². The molecule has 1 unspecified atom stereocenters. The van der Waals surface area contributed by atoms with Crippen molar-refractivity contribution >= 4 is 17.9 Å². The molecule has 2 heterocycles. The van der Waals surface area contributed by atoms with Crippen molar-refractivity contribution in [3.8, 4) is 0 Å². The fourth-order valence-electron chi connectivity index (χ4n) is 2.49. The van der Waals surface area contributed by atoms with E-state index in [2.05, 4.69) is 5.32 Å². The van der Waals surface area contributed by atoms with E-state index < -0.39 is 11.9 Å². The maximum Gasteiger partial charge on any atom is 0.317 e. The summed E-state index contributed by atoms with van der Waals surface area (Å²) in [5.74, 6) is -1.43. The smallest absolute Gasteiger partial charge is 0.317 e. The predicted octanol–water partition coefficient (Wildman–Crippen LogP) is -0.275. The molecule has 1 atom stereocenters. The summed E-state index contributed by atoms with van der Waals surface area (Å²) < 4.78 is 0. The van der Waals surface area contributed by atoms with Crippen LogP contribution in [0.25, 0.3) is 0 Å². The van der Waals surface area contributed by atoms with Gasteiger partial charge in [0, 0.05) is 26.2 Å². The molecule has 0 aliphatic carbocycles. The number of carbonyl (C=O) groups is 3. The van der Waals surface area contributed by atoms with Gasteiger partial charge >= 0.3 is 12.0 Å². The maximum atomic E-state index is 11.8. The number of rotatable bonds is 3. The van der Waals surface area contributed by atoms with Gasteiger partial charge in [0.25, 0.3) is 0 Å². The second kappa shape index (κ2) is 5.90. The van der Waals surface area contributed by atoms with Gasteiger partial charge in [0.05, 0.1) is 12.5 Å². The van der Waals surface area contributed by atoms with Gasteiger partial charge in [-0.3, -0.25) is 9.59 Å². The van der Waals surface area contributed by atoms with E-state index in [4.69, 9.17) is 5.11 Å². The Labute approximate surface area is 111 Å². The number of likely N-dealkylation sites (tertiary alicyclic amines) is 2. The summed E-state index contributed by atoms with van der Waals surface area (Å²) in [6.45, 7) is 2.17. The first kappa shape index (κ1) is 13.6. The highest BCUT2D eigenvalue weighted by molar-refractivity contribution is 5.84. The average Bonchev–Trinajstić information content (AvgIpc) is 3.05. The predicted molar refractivity (Wildman–Crippen MR) is 66.5 cm³/mol. The molecule has 0 spiro atoms. The zero-order valence-electron chi connectivity index (χ0n) is 10.8. The highest BCUT2D eigenvalue weighted by atomic mass is 16.4. The van der Waals surface area contributed by atoms with Crippen LogP contribution in [0.1, 0.15) is 19.3 Å². The Morgan fingerprint density at radius 1 is 1.11 bits per heavy atom. The van der Waals surface area contributed by atoms with Crippen LogP contribution in [-0.4, -0.2) is 65.5 Å². The number of urea groups is 1. The molecule has 106 valence electrons. The lowest BCUT2D eigenvalue weighted by molar-refractivity contribution is -0.141. The van der Waals surface area contributed by atoms with Crippen LogP contribution in [0.2, 0.25) is 0 Å². The summed E-state index contributed by atoms with van der Waals surface area (Å²) >= 11 is 0. The Morgan fingerprint density at radius 3 is 2.37 bits per heavy atom. The molecule has 0 bridgehead atoms. The van der Waals surface area contributed by atoms with Gasteiger partial charge in [-0.2, -0.15) is 0 Å². The average molecular weight is 269 g/mol. The summed E-state index contributed by atoms with van der Waals surface area (Å²) in [4.78, 5) is 37.5. The van der Waals surface area contributed by atoms with E-state index in [9.17, 15) is 14.4 Å². The van der Waals surface area contributed by atoms with Crippen molar-refractivity contribution in [2.24, 2.45) is 5.92 Å². The van der Waals surface area contributed by atoms with Gasteiger partial charge in [0.15, 0.2) is 0 Å². The summed E-state index contributed by atoms with van der Waals surface area (Å²) in [7, 11) is 0. The molecule has 2 fully saturated rings. The number of aliphatic carboxylic acids is 1. The van der Waals surface area contributed by atoms with Crippen LogP contribution in [0.15, 0.2) is 0 Å². The molecule has 0 radical (unpaired) electrons. The van der Waals surface area contributed by atoms with Crippen molar-refractivity contribution < 1.29 is 19.5 Å². The summed E-state index contributed by atoms with van der Waals surface area (Å²) in [6.07, 6.45) is 2.51. The zero-order chi connectivity index (χ0) is 13.8. The number of carboxylic acids is 1. The normalized spacial score (nSPS) is 22.6. The Morgan fingerprint density at radius 2 is 1.79 bits per heavy atom. The van der Waals surface area contributed by atoms with Crippen LogP contribution in [0.3, 0.4) is 0 Å². The van der Waals surface area contributed by atoms with E-state index in [1.54, 1.807) is 4.90 Å². The minimum Gasteiger partial charge on any atom is -0.481 e. The number of hydrogen-bond donors (Lipinski definition) is 2. The largest absolute Gasteiger partial charge is 0.481 e. The Kier molecular flexibility index (Phi) is 4.24. The van der Waals surface area contributed by atoms with Gasteiger partial charge in [0.1, 0.15) is 0 Å². The Bertz CT molecular complexity index is 379. The third kappa shape index (κ3) is 3.36. The first-order valence-corrected chi connectivity index (χ1v) is 6.61. The highest BCUT2D eigenvalue weighted by Gasteiger charge is 2.31. The van der Waals surface area contributed by atoms with Crippen molar-refractivity contribution in [1.29, 1.82) is 0 Å². The number of carboxylic acid groups (broad SMARTS) is 1. The Hall–Kier alpha value is -1.79. The molecule has 0 saturated carbocycles. The third-order valence-electron chi connectivity index (χ3n) is 3.67. The number of hydrogen-bond acceptors (Lipinski definition) is 3. The third-order valence-corrected chi connectivity index (χ3v) is 3.67. The molecule has 0 aromatic rings. The number of nitrogens with zero attached hydrogens (tertiary/aromatic N) is 2. The van der Waals surface area contributed by atoms with Gasteiger partial charge in [-0.25, -0.2) is 4.79 Å². The lowest BCUT2D eigenvalue weighted by Gasteiger charge is -2.19. The molecule has 3 amide bonds. The number of carbonyl (C=O) groups excluding carboxylic acids is 2. The first-order chi connectivity index (χ1) is 9.08. The molecule has 7 nitrogen and oxygen atoms in total. The van der Waals surface area contributed by atoms with Gasteiger partial charge < -0.3 is 20.2 Å². The van der Waals surface area contributed by atoms with E-state index in [1.165, 1.54) is 4.90 Å². The molecule has 2 rings (SSSR count). The van der Waals surface area contributed by atoms with Crippen LogP contribution in [0, 0.1) is 5.92 Å². The first-order valence-electron chi connectivity index (χ1n) is 6.61. The Balaban J connectivity index is 1.72. The molecule has 19 heavy (non-hydrogen) atoms. The van der Waals surface area contributed by atoms with E-state index in [1.807, 2.05) is 0 Å². The number of nitrogens with one attached hydrogen (secondary N) is 1. The lowest BCUT2D eigenvalue weighted by Crippen LogP contribution is -2.44. The molecular formula is C12H19N3O4. The molecule has 2 aliphatic heterocycles. The van der Waals surface area contributed by atoms with Crippen molar-refractivity contribution in [3.63, 3.8) is 0 Å². The zero-order valence-corrected chi connectivity index (χ0v) is 10.8. The quantitative estimate of drug-likeness (QED) is 0.737. The van der Waals surface area contributed by atoms with Crippen molar-refractivity contribution in [2.75, 3.05) is 32.7 Å². The molecule has 0 aromatic heterocycles. The summed E-state index contributed by atoms with van der Waals surface area (Å²) in [5, 5.41) is 11.4. The van der Waals surface area contributed by atoms with E-state index in [0.29, 0.717) is 13.0 Å². The van der Waals surface area contributed by atoms with E-state index in [-0.39, 0.29) is 25.0 Å². The minimum atomic E-state index is -0.872. The fourth-order valence-corrected chi connectivity index (χ4v) is 2.49. The van der Waals surface area contributed by atoms with Crippen molar-refractivity contribution in [1.82, 2.24) is 15.1 Å². The van der Waals surface area contributed by atoms with Crippen molar-refractivity contribution in [2.45, 2.75) is 19.3 Å². The van der Waals surface area contributed by atoms with E-state index in [0.717, 1.165) is 25.9 Å². The molecule has 0 aromatic carbocycles. The van der Waals surface area contributed by atoms with Gasteiger partial charge in [-0.15, -0.1) is 0 Å². The minimum absolute atomic E-state index is 0.00687. The molecular weight excluding hydrogens is 250 g/mol. The lowest BCUT2D eigenvalue weighted by atomic mass is 10.1. The van der Waals surface area contributed by atoms with Gasteiger partial charge in [-0.05, 0) is 19.3 Å². The standard InChI is InChI=1S/C12H19N3O4/c16-10(14-4-1-2-5-14)7-13-12(19)15-6-3-9(8-15)11(17)18/h9H,1-8H2,(H,13,19)(H,17,18). The summed E-state index contributed by atoms with van der Waals surface area (Å²) in [5.41, 5.74) is 0. The van der Waals surface area contributed by atoms with Gasteiger partial charge in [0.2, 0.25) is 5.91 Å². The molecule has 7 heteroatoms. The fraction of sp³-hybridized carbons (Fsp3) is 0.750. The van der Waals surface area contributed by atoms with E-state index >= 15 is 0 Å². The van der Waals surface area contributed by atoms with Crippen molar-refractivity contribution in [3.05, 3.63) is 0 Å². The monoisotopic (exact) mass is 269 g/mol. The van der Waals surface area contributed by atoms with Crippen LogP contribution in [0.4, 0.5) is 4.79 Å². The second-order valence-corrected chi connectivity index (χ2v) is 5.02. The molecule has 2 N–H and O–H groups in total. The van der Waals surface area contributed by atoms with Crippen LogP contribution >= 0.6 is 0 Å². The maximum absolute atomic E-state index is 11.8. The SMILES string of the molecule is O=C(O)C1CCN(C(=O)NCC(=O)N2CCCC2)C1. The van der Waals surface area contributed by atoms with Crippen LogP contribution < -0.4 is 5.32 Å². The molecule has 2 saturated heterocycles. The topological polar surface area (TPSA) is 90.0 Å². The number of amides is 3.